The van der Waals surface area contributed by atoms with Gasteiger partial charge in [-0.05, 0) is 18.2 Å². The monoisotopic (exact) mass is 411 g/mol. The molecule has 0 unspecified atom stereocenters. The van der Waals surface area contributed by atoms with Crippen LogP contribution in [0.4, 0.5) is 3.89 Å². The van der Waals surface area contributed by atoms with Crippen molar-refractivity contribution in [2.45, 2.75) is 11.4 Å². The Hall–Kier alpha value is -1.75. The number of rotatable bonds is 4. The molecule has 1 amide bonds. The van der Waals surface area contributed by atoms with Crippen molar-refractivity contribution in [3.05, 3.63) is 36.2 Å². The number of benzene rings is 1. The van der Waals surface area contributed by atoms with E-state index >= 15 is 0 Å². The Kier molecular flexibility index (Phi) is 7.29. The van der Waals surface area contributed by atoms with E-state index in [2.05, 4.69) is 15.6 Å². The molecular weight excluding hydrogens is 396 g/mol. The van der Waals surface area contributed by atoms with Crippen LogP contribution in [0.25, 0.3) is 5.69 Å². The summed E-state index contributed by atoms with van der Waals surface area (Å²) in [5, 5.41) is 10.8. The minimum Gasteiger partial charge on any atom is -0.334 e. The average molecular weight is 412 g/mol. The zero-order chi connectivity index (χ0) is 16.4. The lowest BCUT2D eigenvalue weighted by molar-refractivity contribution is -0.132. The number of nitrogens with one attached hydrogen (secondary N) is 1. The topological polar surface area (TPSA) is 97.2 Å². The second kappa shape index (κ2) is 8.56. The first-order valence-electron chi connectivity index (χ1n) is 6.88. The van der Waals surface area contributed by atoms with Crippen LogP contribution in [0.15, 0.2) is 35.4 Å². The van der Waals surface area contributed by atoms with E-state index in [4.69, 9.17) is 0 Å². The van der Waals surface area contributed by atoms with Crippen LogP contribution in [-0.2, 0) is 21.6 Å². The van der Waals surface area contributed by atoms with Crippen LogP contribution in [0.1, 0.15) is 5.69 Å². The van der Waals surface area contributed by atoms with E-state index in [9.17, 15) is 17.1 Å². The first-order valence-corrected chi connectivity index (χ1v) is 8.27. The molecule has 25 heavy (non-hydrogen) atoms. The fourth-order valence-electron chi connectivity index (χ4n) is 2.28. The maximum Gasteiger partial charge on any atom is 0.332 e. The molecule has 138 valence electrons. The van der Waals surface area contributed by atoms with E-state index in [-0.39, 0.29) is 30.7 Å². The molecule has 1 fully saturated rings. The lowest BCUT2D eigenvalue weighted by Gasteiger charge is -2.26. The zero-order valence-corrected chi connectivity index (χ0v) is 15.3. The Labute approximate surface area is 156 Å². The van der Waals surface area contributed by atoms with Gasteiger partial charge >= 0.3 is 10.2 Å². The third-order valence-electron chi connectivity index (χ3n) is 3.44. The molecule has 0 spiro atoms. The van der Waals surface area contributed by atoms with Crippen molar-refractivity contribution in [2.75, 3.05) is 19.6 Å². The van der Waals surface area contributed by atoms with Gasteiger partial charge in [0.25, 0.3) is 0 Å². The van der Waals surface area contributed by atoms with Gasteiger partial charge in [0.15, 0.2) is 0 Å². The van der Waals surface area contributed by atoms with E-state index in [1.54, 1.807) is 17.2 Å². The number of hydrogen-bond donors (Lipinski definition) is 1. The lowest BCUT2D eigenvalue weighted by atomic mass is 10.3. The van der Waals surface area contributed by atoms with E-state index in [1.165, 1.54) is 16.8 Å². The summed E-state index contributed by atoms with van der Waals surface area (Å²) in [5.41, 5.74) is 0.933. The maximum absolute atomic E-state index is 13.1. The number of carbonyl (C=O) groups is 1. The van der Waals surface area contributed by atoms with Gasteiger partial charge in [0.2, 0.25) is 5.91 Å². The summed E-state index contributed by atoms with van der Waals surface area (Å²) in [4.78, 5) is 13.0. The second-order valence-corrected chi connectivity index (χ2v) is 6.43. The van der Waals surface area contributed by atoms with Crippen LogP contribution in [0.2, 0.25) is 0 Å². The van der Waals surface area contributed by atoms with Gasteiger partial charge < -0.3 is 10.2 Å². The van der Waals surface area contributed by atoms with Crippen LogP contribution in [0, 0.1) is 0 Å². The normalized spacial score (nSPS) is 14.6. The predicted octanol–water partition coefficient (Wildman–Crippen LogP) is 0.701. The number of piperazine rings is 1. The van der Waals surface area contributed by atoms with Crippen LogP contribution in [0.5, 0.6) is 0 Å². The molecule has 1 aliphatic rings. The largest absolute Gasteiger partial charge is 0.334 e. The van der Waals surface area contributed by atoms with Crippen molar-refractivity contribution in [3.63, 3.8) is 0 Å². The Morgan fingerprint density at radius 1 is 1.28 bits per heavy atom. The van der Waals surface area contributed by atoms with Gasteiger partial charge in [-0.15, -0.1) is 33.8 Å². The minimum atomic E-state index is -4.78. The van der Waals surface area contributed by atoms with Gasteiger partial charge in [-0.25, -0.2) is 4.68 Å². The summed E-state index contributed by atoms with van der Waals surface area (Å²) < 4.78 is 36.3. The van der Waals surface area contributed by atoms with Crippen molar-refractivity contribution in [2.24, 2.45) is 0 Å². The van der Waals surface area contributed by atoms with Crippen LogP contribution in [-0.4, -0.2) is 53.9 Å². The molecule has 1 aromatic heterocycles. The zero-order valence-electron chi connectivity index (χ0n) is 12.8. The van der Waals surface area contributed by atoms with Crippen molar-refractivity contribution >= 4 is 40.9 Å². The highest BCUT2D eigenvalue weighted by Gasteiger charge is 2.19. The molecule has 1 aliphatic heterocycles. The molecule has 2 heterocycles. The van der Waals surface area contributed by atoms with Gasteiger partial charge in [-0.2, -0.15) is 8.42 Å². The number of aromatic nitrogens is 3. The quantitative estimate of drug-likeness (QED) is 0.743. The number of hydrogen-bond acceptors (Lipinski definition) is 6. The van der Waals surface area contributed by atoms with Crippen molar-refractivity contribution < 1.29 is 17.1 Å². The molecule has 2 aromatic rings. The number of carbonyl (C=O) groups excluding carboxylic acids is 1. The third-order valence-corrected chi connectivity index (χ3v) is 4.26. The van der Waals surface area contributed by atoms with Gasteiger partial charge in [0.1, 0.15) is 10.6 Å². The minimum absolute atomic E-state index is 0. The number of amides is 1. The molecule has 12 heteroatoms. The van der Waals surface area contributed by atoms with Crippen molar-refractivity contribution in [1.29, 1.82) is 0 Å². The van der Waals surface area contributed by atoms with Crippen molar-refractivity contribution in [1.82, 2.24) is 25.2 Å². The highest BCUT2D eigenvalue weighted by molar-refractivity contribution is 7.86. The first-order chi connectivity index (χ1) is 10.9. The molecular formula is C13H16Cl2FN5O3S. The summed E-state index contributed by atoms with van der Waals surface area (Å²) in [6.45, 7) is 1.92. The molecule has 0 atom stereocenters. The highest BCUT2D eigenvalue weighted by atomic mass is 35.5. The molecule has 0 radical (unpaired) electrons. The Bertz CT molecular complexity index is 846. The third kappa shape index (κ3) is 5.11. The van der Waals surface area contributed by atoms with E-state index in [0.717, 1.165) is 12.6 Å². The van der Waals surface area contributed by atoms with Crippen molar-refractivity contribution in [3.8, 4) is 5.69 Å². The summed E-state index contributed by atoms with van der Waals surface area (Å²) in [6, 6.07) is 5.34. The summed E-state index contributed by atoms with van der Waals surface area (Å²) >= 11 is 0. The van der Waals surface area contributed by atoms with Gasteiger partial charge in [-0.1, -0.05) is 11.3 Å². The molecule has 0 saturated carbocycles. The van der Waals surface area contributed by atoms with Gasteiger partial charge in [0.05, 0.1) is 25.0 Å². The van der Waals surface area contributed by atoms with E-state index in [0.29, 0.717) is 31.0 Å². The second-order valence-electron chi connectivity index (χ2n) is 5.08. The fourth-order valence-corrected chi connectivity index (χ4v) is 2.79. The Morgan fingerprint density at radius 3 is 2.72 bits per heavy atom. The molecule has 1 aromatic carbocycles. The maximum atomic E-state index is 13.1. The first kappa shape index (κ1) is 21.3. The lowest BCUT2D eigenvalue weighted by Crippen LogP contribution is -2.47. The fraction of sp³-hybridized carbons (Fsp3) is 0.308. The summed E-state index contributed by atoms with van der Waals surface area (Å²) in [5.74, 6) is -0.0173. The van der Waals surface area contributed by atoms with Crippen LogP contribution >= 0.6 is 24.8 Å². The molecule has 8 nitrogen and oxygen atoms in total. The summed E-state index contributed by atoms with van der Waals surface area (Å²) in [6.07, 6.45) is 1.58. The van der Waals surface area contributed by atoms with Crippen LogP contribution in [0.3, 0.4) is 0 Å². The molecule has 0 aliphatic carbocycles. The van der Waals surface area contributed by atoms with Gasteiger partial charge in [0, 0.05) is 13.1 Å². The molecule has 3 rings (SSSR count). The Morgan fingerprint density at radius 2 is 2.04 bits per heavy atom. The highest BCUT2D eigenvalue weighted by Crippen LogP contribution is 2.16. The van der Waals surface area contributed by atoms with E-state index in [1.807, 2.05) is 0 Å². The number of nitrogens with zero attached hydrogens (tertiary/aromatic N) is 4. The van der Waals surface area contributed by atoms with Crippen LogP contribution < -0.4 is 5.32 Å². The molecule has 0 bridgehead atoms. The predicted molar refractivity (Wildman–Crippen MR) is 92.4 cm³/mol. The Balaban J connectivity index is 0.00000156. The standard InChI is InChI=1S/C13H14FN5O3S.2ClH/c14-23(21,22)12-3-1-2-11(6-12)19-9-10(16-17-19)8-18-5-4-15-7-13(18)20;;/h1-3,6,9,15H,4-5,7-8H2;2*1H. The number of halogens is 3. The molecule has 1 N–H and O–H groups in total. The SMILES string of the molecule is Cl.Cl.O=C1CNCCN1Cc1cn(-c2cccc(S(=O)(=O)F)c2)nn1. The smallest absolute Gasteiger partial charge is 0.332 e. The average Bonchev–Trinajstić information content (AvgIpc) is 2.98. The summed E-state index contributed by atoms with van der Waals surface area (Å²) in [7, 11) is -4.78. The molecule has 1 saturated heterocycles. The van der Waals surface area contributed by atoms with E-state index < -0.39 is 15.1 Å². The van der Waals surface area contributed by atoms with Gasteiger partial charge in [-0.3, -0.25) is 4.79 Å².